The molecular weight excluding hydrogens is 318 g/mol. The third-order valence-electron chi connectivity index (χ3n) is 4.95. The lowest BCUT2D eigenvalue weighted by Crippen LogP contribution is -2.42. The monoisotopic (exact) mass is 339 g/mol. The van der Waals surface area contributed by atoms with Gasteiger partial charge in [0.15, 0.2) is 0 Å². The molecule has 0 amide bonds. The number of piperidine rings is 1. The molecular formula is C19H21N3O3. The SMILES string of the molecule is O=c1[nH]c2ccccc2c(=O)n1C[C@H](c1ccco1)N1CCCCC1. The smallest absolute Gasteiger partial charge is 0.328 e. The summed E-state index contributed by atoms with van der Waals surface area (Å²) in [5.74, 6) is 0.793. The summed E-state index contributed by atoms with van der Waals surface area (Å²) < 4.78 is 6.91. The zero-order chi connectivity index (χ0) is 17.2. The molecule has 2 aromatic heterocycles. The maximum Gasteiger partial charge on any atom is 0.328 e. The number of aromatic nitrogens is 2. The Balaban J connectivity index is 1.76. The Hall–Kier alpha value is -2.60. The van der Waals surface area contributed by atoms with Crippen LogP contribution in [0.5, 0.6) is 0 Å². The molecule has 1 aromatic carbocycles. The minimum atomic E-state index is -0.378. The second-order valence-electron chi connectivity index (χ2n) is 6.52. The third-order valence-corrected chi connectivity index (χ3v) is 4.95. The van der Waals surface area contributed by atoms with E-state index < -0.39 is 0 Å². The topological polar surface area (TPSA) is 71.2 Å². The van der Waals surface area contributed by atoms with Crippen LogP contribution in [0.1, 0.15) is 31.1 Å². The van der Waals surface area contributed by atoms with Gasteiger partial charge in [0.25, 0.3) is 5.56 Å². The molecule has 0 saturated carbocycles. The summed E-state index contributed by atoms with van der Waals surface area (Å²) in [4.78, 5) is 30.5. The van der Waals surface area contributed by atoms with E-state index in [2.05, 4.69) is 9.88 Å². The summed E-state index contributed by atoms with van der Waals surface area (Å²) in [6, 6.07) is 10.8. The van der Waals surface area contributed by atoms with Crippen LogP contribution in [0.15, 0.2) is 56.7 Å². The van der Waals surface area contributed by atoms with E-state index in [9.17, 15) is 9.59 Å². The number of furan rings is 1. The van der Waals surface area contributed by atoms with Crippen molar-refractivity contribution in [2.45, 2.75) is 31.8 Å². The standard InChI is InChI=1S/C19H21N3O3/c23-18-14-7-2-3-8-15(14)20-19(24)22(18)13-16(17-9-6-12-25-17)21-10-4-1-5-11-21/h2-3,6-9,12,16H,1,4-5,10-11,13H2,(H,20,24)/t16-/m1/s1. The zero-order valence-corrected chi connectivity index (χ0v) is 14.0. The Labute approximate surface area is 144 Å². The van der Waals surface area contributed by atoms with Crippen molar-refractivity contribution in [3.05, 3.63) is 69.3 Å². The van der Waals surface area contributed by atoms with Crippen LogP contribution in [-0.2, 0) is 6.54 Å². The molecule has 6 heteroatoms. The lowest BCUT2D eigenvalue weighted by Gasteiger charge is -2.33. The molecule has 1 aliphatic heterocycles. The van der Waals surface area contributed by atoms with Crippen molar-refractivity contribution >= 4 is 10.9 Å². The molecule has 1 N–H and O–H groups in total. The van der Waals surface area contributed by atoms with Gasteiger partial charge in [-0.3, -0.25) is 14.3 Å². The highest BCUT2D eigenvalue weighted by atomic mass is 16.3. The predicted molar refractivity (Wildman–Crippen MR) is 95.7 cm³/mol. The fourth-order valence-corrected chi connectivity index (χ4v) is 3.63. The van der Waals surface area contributed by atoms with Gasteiger partial charge in [0.05, 0.1) is 29.8 Å². The van der Waals surface area contributed by atoms with Gasteiger partial charge in [0, 0.05) is 0 Å². The number of likely N-dealkylation sites (tertiary alicyclic amines) is 1. The first kappa shape index (κ1) is 15.9. The molecule has 1 saturated heterocycles. The van der Waals surface area contributed by atoms with Crippen LogP contribution in [-0.4, -0.2) is 27.5 Å². The van der Waals surface area contributed by atoms with Gasteiger partial charge in [-0.25, -0.2) is 4.79 Å². The Morgan fingerprint density at radius 3 is 2.60 bits per heavy atom. The van der Waals surface area contributed by atoms with Crippen molar-refractivity contribution in [2.75, 3.05) is 13.1 Å². The zero-order valence-electron chi connectivity index (χ0n) is 14.0. The van der Waals surface area contributed by atoms with Gasteiger partial charge in [-0.1, -0.05) is 18.6 Å². The van der Waals surface area contributed by atoms with E-state index >= 15 is 0 Å². The quantitative estimate of drug-likeness (QED) is 0.793. The molecule has 1 fully saturated rings. The molecule has 4 rings (SSSR count). The van der Waals surface area contributed by atoms with E-state index in [0.717, 1.165) is 31.7 Å². The van der Waals surface area contributed by atoms with E-state index in [1.807, 2.05) is 12.1 Å². The van der Waals surface area contributed by atoms with E-state index in [0.29, 0.717) is 10.9 Å². The van der Waals surface area contributed by atoms with Gasteiger partial charge >= 0.3 is 5.69 Å². The molecule has 3 heterocycles. The molecule has 1 atom stereocenters. The Morgan fingerprint density at radius 1 is 1.04 bits per heavy atom. The summed E-state index contributed by atoms with van der Waals surface area (Å²) in [6.45, 7) is 2.18. The second-order valence-corrected chi connectivity index (χ2v) is 6.52. The van der Waals surface area contributed by atoms with Gasteiger partial charge in [0.2, 0.25) is 0 Å². The highest BCUT2D eigenvalue weighted by Crippen LogP contribution is 2.26. The molecule has 130 valence electrons. The summed E-state index contributed by atoms with van der Waals surface area (Å²) >= 11 is 0. The summed E-state index contributed by atoms with van der Waals surface area (Å²) in [6.07, 6.45) is 5.11. The van der Waals surface area contributed by atoms with Crippen molar-refractivity contribution in [1.82, 2.24) is 14.5 Å². The molecule has 25 heavy (non-hydrogen) atoms. The highest BCUT2D eigenvalue weighted by Gasteiger charge is 2.26. The Morgan fingerprint density at radius 2 is 1.84 bits per heavy atom. The summed E-state index contributed by atoms with van der Waals surface area (Å²) in [5, 5.41) is 0.527. The third kappa shape index (κ3) is 3.05. The van der Waals surface area contributed by atoms with Crippen molar-refractivity contribution in [3.63, 3.8) is 0 Å². The maximum absolute atomic E-state index is 12.8. The Kier molecular flexibility index (Phi) is 4.28. The van der Waals surface area contributed by atoms with Crippen LogP contribution in [0.25, 0.3) is 10.9 Å². The first-order valence-electron chi connectivity index (χ1n) is 8.73. The summed E-state index contributed by atoms with van der Waals surface area (Å²) in [5.41, 5.74) is -0.0635. The first-order valence-corrected chi connectivity index (χ1v) is 8.73. The number of aromatic amines is 1. The van der Waals surface area contributed by atoms with Crippen molar-refractivity contribution in [3.8, 4) is 0 Å². The average molecular weight is 339 g/mol. The van der Waals surface area contributed by atoms with Crippen LogP contribution in [0, 0.1) is 0 Å². The number of benzene rings is 1. The van der Waals surface area contributed by atoms with Crippen LogP contribution in [0.3, 0.4) is 0 Å². The lowest BCUT2D eigenvalue weighted by atomic mass is 10.1. The van der Waals surface area contributed by atoms with Crippen LogP contribution in [0.2, 0.25) is 0 Å². The van der Waals surface area contributed by atoms with Crippen LogP contribution < -0.4 is 11.2 Å². The average Bonchev–Trinajstić information content (AvgIpc) is 3.17. The van der Waals surface area contributed by atoms with Gasteiger partial charge in [-0.2, -0.15) is 0 Å². The van der Waals surface area contributed by atoms with E-state index in [4.69, 9.17) is 4.42 Å². The van der Waals surface area contributed by atoms with Crippen molar-refractivity contribution < 1.29 is 4.42 Å². The minimum Gasteiger partial charge on any atom is -0.468 e. The fraction of sp³-hybridized carbons (Fsp3) is 0.368. The van der Waals surface area contributed by atoms with Crippen LogP contribution >= 0.6 is 0 Å². The summed E-state index contributed by atoms with van der Waals surface area (Å²) in [7, 11) is 0. The molecule has 0 bridgehead atoms. The van der Waals surface area contributed by atoms with E-state index in [1.54, 1.807) is 30.5 Å². The first-order chi connectivity index (χ1) is 12.2. The van der Waals surface area contributed by atoms with Gasteiger partial charge in [-0.15, -0.1) is 0 Å². The highest BCUT2D eigenvalue weighted by molar-refractivity contribution is 5.76. The van der Waals surface area contributed by atoms with E-state index in [1.165, 1.54) is 11.0 Å². The van der Waals surface area contributed by atoms with Crippen LogP contribution in [0.4, 0.5) is 0 Å². The molecule has 0 unspecified atom stereocenters. The Bertz CT molecular complexity index is 965. The molecule has 0 spiro atoms. The molecule has 1 aliphatic rings. The number of nitrogens with zero attached hydrogens (tertiary/aromatic N) is 2. The number of fused-ring (bicyclic) bond motifs is 1. The second kappa shape index (κ2) is 6.72. The number of hydrogen-bond donors (Lipinski definition) is 1. The number of H-pyrrole nitrogens is 1. The number of hydrogen-bond acceptors (Lipinski definition) is 4. The number of nitrogens with one attached hydrogen (secondary N) is 1. The van der Waals surface area contributed by atoms with Gasteiger partial charge < -0.3 is 9.40 Å². The number of rotatable bonds is 4. The molecule has 6 nitrogen and oxygen atoms in total. The van der Waals surface area contributed by atoms with Crippen molar-refractivity contribution in [2.24, 2.45) is 0 Å². The fourth-order valence-electron chi connectivity index (χ4n) is 3.63. The maximum atomic E-state index is 12.8. The predicted octanol–water partition coefficient (Wildman–Crippen LogP) is 2.51. The molecule has 0 radical (unpaired) electrons. The molecule has 0 aliphatic carbocycles. The number of para-hydroxylation sites is 1. The normalized spacial score (nSPS) is 17.0. The van der Waals surface area contributed by atoms with E-state index in [-0.39, 0.29) is 23.8 Å². The van der Waals surface area contributed by atoms with Crippen molar-refractivity contribution in [1.29, 1.82) is 0 Å². The van der Waals surface area contributed by atoms with Gasteiger partial charge in [0.1, 0.15) is 5.76 Å². The lowest BCUT2D eigenvalue weighted by molar-refractivity contribution is 0.129. The minimum absolute atomic E-state index is 0.115. The largest absolute Gasteiger partial charge is 0.468 e. The van der Waals surface area contributed by atoms with Gasteiger partial charge in [-0.05, 0) is 50.2 Å². The molecule has 3 aromatic rings.